The Morgan fingerprint density at radius 2 is 1.86 bits per heavy atom. The fourth-order valence-corrected chi connectivity index (χ4v) is 3.29. The molecule has 36 heavy (non-hydrogen) atoms. The number of hydrogen-bond acceptors (Lipinski definition) is 7. The highest BCUT2D eigenvalue weighted by Gasteiger charge is 2.14. The van der Waals surface area contributed by atoms with Crippen LogP contribution in [0.3, 0.4) is 0 Å². The van der Waals surface area contributed by atoms with Crippen molar-refractivity contribution in [1.29, 1.82) is 5.26 Å². The molecule has 0 spiro atoms. The molecule has 1 heterocycles. The molecule has 2 aromatic carbocycles. The quantitative estimate of drug-likeness (QED) is 0.168. The van der Waals surface area contributed by atoms with E-state index in [-0.39, 0.29) is 24.5 Å². The number of hydrogen-bond donors (Lipinski definition) is 1. The zero-order valence-electron chi connectivity index (χ0n) is 20.3. The molecule has 186 valence electrons. The molecule has 0 aliphatic heterocycles. The highest BCUT2D eigenvalue weighted by Crippen LogP contribution is 2.29. The number of benzene rings is 2. The molecule has 0 radical (unpaired) electrons. The van der Waals surface area contributed by atoms with Crippen molar-refractivity contribution in [3.63, 3.8) is 0 Å². The maximum Gasteiger partial charge on any atom is 0.349 e. The number of carbonyl (C=O) groups is 2. The molecule has 3 aromatic rings. The summed E-state index contributed by atoms with van der Waals surface area (Å²) in [5, 5.41) is 12.1. The molecule has 1 N–H and O–H groups in total. The van der Waals surface area contributed by atoms with Crippen LogP contribution in [0.5, 0.6) is 17.2 Å². The third-order valence-corrected chi connectivity index (χ3v) is 4.99. The predicted octanol–water partition coefficient (Wildman–Crippen LogP) is 4.84. The number of nitrogens with one attached hydrogen (secondary N) is 1. The molecular formula is C28H28N2O6. The summed E-state index contributed by atoms with van der Waals surface area (Å²) in [6, 6.07) is 17.7. The number of amides is 1. The molecule has 0 aliphatic carbocycles. The topological polar surface area (TPSA) is 111 Å². The number of carbonyl (C=O) groups excluding carboxylic acids is 2. The van der Waals surface area contributed by atoms with Crippen LogP contribution in [-0.4, -0.2) is 25.1 Å². The van der Waals surface area contributed by atoms with Gasteiger partial charge >= 0.3 is 5.97 Å². The van der Waals surface area contributed by atoms with Crippen LogP contribution >= 0.6 is 0 Å². The van der Waals surface area contributed by atoms with Crippen molar-refractivity contribution >= 4 is 18.0 Å². The Labute approximate surface area is 210 Å². The SMILES string of the molecule is CCCc1ccc(OCC(=O)Oc2ccc(/C=C(\C#N)C(=O)NCc3ccco3)cc2OCC)cc1. The molecule has 0 saturated carbocycles. The van der Waals surface area contributed by atoms with E-state index in [9.17, 15) is 14.9 Å². The van der Waals surface area contributed by atoms with Gasteiger partial charge in [0.15, 0.2) is 18.1 Å². The smallest absolute Gasteiger partial charge is 0.349 e. The first kappa shape index (κ1) is 26.1. The van der Waals surface area contributed by atoms with E-state index in [1.165, 1.54) is 17.9 Å². The van der Waals surface area contributed by atoms with Crippen molar-refractivity contribution in [2.45, 2.75) is 33.2 Å². The molecule has 0 aliphatic rings. The van der Waals surface area contributed by atoms with Gasteiger partial charge in [-0.2, -0.15) is 5.26 Å². The minimum atomic E-state index is -0.591. The van der Waals surface area contributed by atoms with E-state index in [1.54, 1.807) is 37.3 Å². The fraction of sp³-hybridized carbons (Fsp3) is 0.250. The van der Waals surface area contributed by atoms with Crippen LogP contribution in [0.1, 0.15) is 37.2 Å². The van der Waals surface area contributed by atoms with E-state index in [0.717, 1.165) is 12.8 Å². The molecule has 3 rings (SSSR count). The summed E-state index contributed by atoms with van der Waals surface area (Å²) in [6.45, 7) is 4.13. The van der Waals surface area contributed by atoms with Crippen molar-refractivity contribution < 1.29 is 28.2 Å². The number of aryl methyl sites for hydroxylation is 1. The minimum absolute atomic E-state index is 0.0906. The molecule has 0 unspecified atom stereocenters. The van der Waals surface area contributed by atoms with Crippen molar-refractivity contribution in [1.82, 2.24) is 5.32 Å². The molecule has 0 saturated heterocycles. The highest BCUT2D eigenvalue weighted by atomic mass is 16.6. The Morgan fingerprint density at radius 3 is 2.53 bits per heavy atom. The normalized spacial score (nSPS) is 10.9. The molecule has 0 atom stereocenters. The van der Waals surface area contributed by atoms with E-state index in [0.29, 0.717) is 29.4 Å². The van der Waals surface area contributed by atoms with E-state index in [1.807, 2.05) is 30.3 Å². The second-order valence-electron chi connectivity index (χ2n) is 7.73. The lowest BCUT2D eigenvalue weighted by Crippen LogP contribution is -2.23. The van der Waals surface area contributed by atoms with Crippen LogP contribution in [-0.2, 0) is 22.6 Å². The van der Waals surface area contributed by atoms with Gasteiger partial charge in [0, 0.05) is 0 Å². The molecule has 8 heteroatoms. The number of furan rings is 1. The standard InChI is InChI=1S/C28H28N2O6/c1-3-6-20-8-11-23(12-9-20)35-19-27(31)36-25-13-10-21(16-26(25)33-4-2)15-22(17-29)28(32)30-18-24-7-5-14-34-24/h5,7-16H,3-4,6,18-19H2,1-2H3,(H,30,32)/b22-15+. The van der Waals surface area contributed by atoms with E-state index >= 15 is 0 Å². The average molecular weight is 489 g/mol. The summed E-state index contributed by atoms with van der Waals surface area (Å²) >= 11 is 0. The van der Waals surface area contributed by atoms with Crippen molar-refractivity contribution in [2.24, 2.45) is 0 Å². The van der Waals surface area contributed by atoms with Crippen LogP contribution in [0.15, 0.2) is 70.9 Å². The summed E-state index contributed by atoms with van der Waals surface area (Å²) in [6.07, 6.45) is 4.97. The van der Waals surface area contributed by atoms with Crippen molar-refractivity contribution in [3.8, 4) is 23.3 Å². The Bertz CT molecular complexity index is 1220. The van der Waals surface area contributed by atoms with Crippen molar-refractivity contribution in [3.05, 3.63) is 83.3 Å². The number of rotatable bonds is 12. The summed E-state index contributed by atoms with van der Waals surface area (Å²) in [4.78, 5) is 24.7. The molecule has 1 aromatic heterocycles. The Balaban J connectivity index is 1.63. The maximum absolute atomic E-state index is 12.4. The van der Waals surface area contributed by atoms with Crippen LogP contribution in [0.2, 0.25) is 0 Å². The van der Waals surface area contributed by atoms with Gasteiger partial charge in [-0.15, -0.1) is 0 Å². The molecule has 8 nitrogen and oxygen atoms in total. The minimum Gasteiger partial charge on any atom is -0.490 e. The largest absolute Gasteiger partial charge is 0.490 e. The van der Waals surface area contributed by atoms with Crippen LogP contribution in [0.4, 0.5) is 0 Å². The summed E-state index contributed by atoms with van der Waals surface area (Å²) in [5.74, 6) is 0.530. The monoisotopic (exact) mass is 488 g/mol. The summed E-state index contributed by atoms with van der Waals surface area (Å²) < 4.78 is 21.7. The van der Waals surface area contributed by atoms with Gasteiger partial charge in [-0.25, -0.2) is 4.79 Å². The molecular weight excluding hydrogens is 460 g/mol. The number of ether oxygens (including phenoxy) is 3. The number of nitriles is 1. The molecule has 1 amide bonds. The van der Waals surface area contributed by atoms with Gasteiger partial charge in [-0.3, -0.25) is 4.79 Å². The Kier molecular flexibility index (Phi) is 9.71. The van der Waals surface area contributed by atoms with Gasteiger partial charge in [0.05, 0.1) is 19.4 Å². The second-order valence-corrected chi connectivity index (χ2v) is 7.73. The first-order valence-corrected chi connectivity index (χ1v) is 11.6. The lowest BCUT2D eigenvalue weighted by atomic mass is 10.1. The average Bonchev–Trinajstić information content (AvgIpc) is 3.41. The summed E-state index contributed by atoms with van der Waals surface area (Å²) in [7, 11) is 0. The molecule has 0 fully saturated rings. The van der Waals surface area contributed by atoms with Gasteiger partial charge in [0.2, 0.25) is 0 Å². The first-order valence-electron chi connectivity index (χ1n) is 11.6. The van der Waals surface area contributed by atoms with E-state index in [2.05, 4.69) is 12.2 Å². The second kappa shape index (κ2) is 13.4. The third-order valence-electron chi connectivity index (χ3n) is 4.99. The van der Waals surface area contributed by atoms with E-state index in [4.69, 9.17) is 18.6 Å². The lowest BCUT2D eigenvalue weighted by Gasteiger charge is -2.12. The highest BCUT2D eigenvalue weighted by molar-refractivity contribution is 6.01. The number of esters is 1. The Hall–Kier alpha value is -4.51. The number of nitrogens with zero attached hydrogens (tertiary/aromatic N) is 1. The zero-order valence-corrected chi connectivity index (χ0v) is 20.3. The van der Waals surface area contributed by atoms with Gasteiger partial charge in [0.25, 0.3) is 5.91 Å². The summed E-state index contributed by atoms with van der Waals surface area (Å²) in [5.41, 5.74) is 1.65. The van der Waals surface area contributed by atoms with Crippen LogP contribution in [0, 0.1) is 11.3 Å². The third kappa shape index (κ3) is 7.77. The zero-order chi connectivity index (χ0) is 25.8. The van der Waals surface area contributed by atoms with Gasteiger partial charge < -0.3 is 23.9 Å². The fourth-order valence-electron chi connectivity index (χ4n) is 3.29. The van der Waals surface area contributed by atoms with Crippen LogP contribution < -0.4 is 19.5 Å². The first-order chi connectivity index (χ1) is 17.5. The van der Waals surface area contributed by atoms with Gasteiger partial charge in [-0.1, -0.05) is 31.5 Å². The maximum atomic E-state index is 12.4. The van der Waals surface area contributed by atoms with Gasteiger partial charge in [0.1, 0.15) is 23.2 Å². The van der Waals surface area contributed by atoms with Crippen LogP contribution in [0.25, 0.3) is 6.08 Å². The lowest BCUT2D eigenvalue weighted by molar-refractivity contribution is -0.136. The van der Waals surface area contributed by atoms with Crippen molar-refractivity contribution in [2.75, 3.05) is 13.2 Å². The predicted molar refractivity (Wildman–Crippen MR) is 133 cm³/mol. The van der Waals surface area contributed by atoms with E-state index < -0.39 is 11.9 Å². The Morgan fingerprint density at radius 1 is 1.06 bits per heavy atom. The molecule has 0 bridgehead atoms. The van der Waals surface area contributed by atoms with Gasteiger partial charge in [-0.05, 0) is 66.9 Å².